The fourth-order valence-corrected chi connectivity index (χ4v) is 8.20. The van der Waals surface area contributed by atoms with E-state index in [9.17, 15) is 44.7 Å². The van der Waals surface area contributed by atoms with E-state index in [-0.39, 0.29) is 50.5 Å². The summed E-state index contributed by atoms with van der Waals surface area (Å²) in [5, 5.41) is 58.3. The molecule has 342 valence electrons. The second-order valence-corrected chi connectivity index (χ2v) is 17.7. The zero-order valence-electron chi connectivity index (χ0n) is 36.6. The van der Waals surface area contributed by atoms with Crippen LogP contribution in [-0.2, 0) is 52.3 Å². The van der Waals surface area contributed by atoms with Crippen molar-refractivity contribution in [1.82, 2.24) is 0 Å². The van der Waals surface area contributed by atoms with Crippen LogP contribution in [0.25, 0.3) is 0 Å². The van der Waals surface area contributed by atoms with Crippen LogP contribution in [0.5, 0.6) is 0 Å². The summed E-state index contributed by atoms with van der Waals surface area (Å²) in [4.78, 5) is 52.0. The van der Waals surface area contributed by atoms with E-state index in [1.807, 2.05) is 13.0 Å². The smallest absolute Gasteiger partial charge is 0.331 e. The van der Waals surface area contributed by atoms with Crippen LogP contribution in [-0.4, -0.2) is 130 Å². The van der Waals surface area contributed by atoms with E-state index in [4.69, 9.17) is 33.2 Å². The molecule has 61 heavy (non-hydrogen) atoms. The first-order valence-corrected chi connectivity index (χ1v) is 21.0. The Kier molecular flexibility index (Phi) is 17.3. The van der Waals surface area contributed by atoms with E-state index >= 15 is 0 Å². The molecule has 4 rings (SSSR count). The van der Waals surface area contributed by atoms with Crippen molar-refractivity contribution in [2.75, 3.05) is 14.2 Å². The second kappa shape index (κ2) is 21.1. The minimum absolute atomic E-state index is 0.0448. The van der Waals surface area contributed by atoms with Crippen molar-refractivity contribution in [3.63, 3.8) is 0 Å². The Morgan fingerprint density at radius 1 is 0.885 bits per heavy atom. The number of carbonyl (C=O) groups is 4. The number of unbranched alkanes of at least 4 members (excludes halogenated alkanes) is 1. The minimum atomic E-state index is -2.45. The van der Waals surface area contributed by atoms with Crippen molar-refractivity contribution in [3.05, 3.63) is 59.8 Å². The van der Waals surface area contributed by atoms with E-state index in [2.05, 4.69) is 0 Å². The molecule has 0 unspecified atom stereocenters. The van der Waals surface area contributed by atoms with E-state index in [0.717, 1.165) is 18.9 Å². The lowest BCUT2D eigenvalue weighted by molar-refractivity contribution is -0.348. The number of methoxy groups -OCH3 is 2. The molecule has 0 aromatic rings. The molecular formula is C45H66O16. The standard InChI is InChI=1S/C45H66O16/c1-9-10-11-12-13-14-37(49)59-41-29(21-39(51)56-8)20-32-24-35(27(2)46)58-40(52)23-30(47)22-33-25-36(48)43(5,6)44(53,60-33)26-34-18-28(19-38(50)55-7)17-31(57-34)15-16-42(3,4)45(41,54)61-32/h11-16,19,21,27,30-36,41,46-48,53-54H,9-10,17-18,20,22-26H2,1-8H3/b12-11+,14-13+,16-15?,28-19+,29-21+/t27-,30-,31+,32+,33-,34+,35-,36+,41+,44+,45-/m1/s1. The predicted octanol–water partition coefficient (Wildman–Crippen LogP) is 3.71. The summed E-state index contributed by atoms with van der Waals surface area (Å²) >= 11 is 0. The molecule has 0 saturated carbocycles. The number of carbonyl (C=O) groups excluding carboxylic acids is 4. The SMILES string of the molecule is CCC/C=C/C=C/C(=O)O[C@H]1/C(=C/C(=O)OC)C[C@H]2C[C@H]([C@@H](C)O)OC(=O)C[C@H](O)C[C@@H]3C[C@H](O)C(C)(C)[C@](O)(C[C@@H]4C/C(=C/C(=O)OC)C[C@H](C=CC(C)(C)[C@]1(O)O2)O4)O3. The molecule has 5 N–H and O–H groups in total. The van der Waals surface area contributed by atoms with E-state index in [1.54, 1.807) is 45.9 Å². The highest BCUT2D eigenvalue weighted by molar-refractivity contribution is 5.84. The fraction of sp³-hybridized carbons (Fsp3) is 0.689. The van der Waals surface area contributed by atoms with Crippen molar-refractivity contribution < 1.29 is 77.9 Å². The molecule has 16 heteroatoms. The zero-order chi connectivity index (χ0) is 45.3. The number of fused-ring (bicyclic) bond motifs is 6. The Hall–Kier alpha value is -3.74. The van der Waals surface area contributed by atoms with Crippen LogP contribution in [0.15, 0.2) is 59.8 Å². The fourth-order valence-electron chi connectivity index (χ4n) is 8.20. The lowest BCUT2D eigenvalue weighted by atomic mass is 9.70. The van der Waals surface area contributed by atoms with E-state index in [1.165, 1.54) is 39.4 Å². The molecule has 0 radical (unpaired) electrons. The van der Waals surface area contributed by atoms with E-state index in [0.29, 0.717) is 5.57 Å². The molecule has 4 aliphatic heterocycles. The lowest BCUT2D eigenvalue weighted by Crippen LogP contribution is -2.62. The van der Waals surface area contributed by atoms with Crippen molar-refractivity contribution >= 4 is 23.9 Å². The van der Waals surface area contributed by atoms with Crippen LogP contribution in [0.3, 0.4) is 0 Å². The third-order valence-electron chi connectivity index (χ3n) is 12.1. The third-order valence-corrected chi connectivity index (χ3v) is 12.1. The van der Waals surface area contributed by atoms with E-state index < -0.39 is 108 Å². The van der Waals surface area contributed by atoms with Gasteiger partial charge in [0.25, 0.3) is 0 Å². The summed E-state index contributed by atoms with van der Waals surface area (Å²) in [6, 6.07) is 0. The summed E-state index contributed by atoms with van der Waals surface area (Å²) in [6.07, 6.45) is 2.75. The maximum absolute atomic E-state index is 13.4. The maximum atomic E-state index is 13.4. The zero-order valence-corrected chi connectivity index (χ0v) is 36.6. The quantitative estimate of drug-likeness (QED) is 0.0770. The van der Waals surface area contributed by atoms with Crippen LogP contribution in [0.4, 0.5) is 0 Å². The molecular weight excluding hydrogens is 796 g/mol. The molecule has 0 amide bonds. The summed E-state index contributed by atoms with van der Waals surface area (Å²) in [5.41, 5.74) is -2.00. The predicted molar refractivity (Wildman–Crippen MR) is 219 cm³/mol. The molecule has 0 aromatic carbocycles. The number of esters is 4. The number of cyclic esters (lactones) is 1. The summed E-state index contributed by atoms with van der Waals surface area (Å²) in [7, 11) is 2.41. The molecule has 0 spiro atoms. The van der Waals surface area contributed by atoms with Gasteiger partial charge in [-0.25, -0.2) is 14.4 Å². The van der Waals surface area contributed by atoms with Gasteiger partial charge in [-0.1, -0.05) is 77.0 Å². The maximum Gasteiger partial charge on any atom is 0.331 e. The van der Waals surface area contributed by atoms with Crippen LogP contribution >= 0.6 is 0 Å². The highest BCUT2D eigenvalue weighted by atomic mass is 16.7. The van der Waals surface area contributed by atoms with Gasteiger partial charge in [-0.05, 0) is 38.2 Å². The lowest BCUT2D eigenvalue weighted by Gasteiger charge is -2.53. The molecule has 0 aliphatic carbocycles. The van der Waals surface area contributed by atoms with Gasteiger partial charge in [0, 0.05) is 54.7 Å². The largest absolute Gasteiger partial charge is 0.466 e. The number of hydrogen-bond donors (Lipinski definition) is 5. The minimum Gasteiger partial charge on any atom is -0.466 e. The molecule has 11 atom stereocenters. The number of ether oxygens (including phenoxy) is 7. The molecule has 3 fully saturated rings. The molecule has 0 aromatic heterocycles. The molecule has 3 saturated heterocycles. The van der Waals surface area contributed by atoms with Gasteiger partial charge < -0.3 is 58.7 Å². The first-order valence-electron chi connectivity index (χ1n) is 21.0. The van der Waals surface area contributed by atoms with Gasteiger partial charge in [0.05, 0.1) is 63.4 Å². The number of rotatable bonds is 8. The number of allylic oxidation sites excluding steroid dienone is 3. The van der Waals surface area contributed by atoms with Crippen molar-refractivity contribution in [3.8, 4) is 0 Å². The number of aliphatic hydroxyl groups excluding tert-OH is 3. The average Bonchev–Trinajstić information content (AvgIpc) is 3.16. The summed E-state index contributed by atoms with van der Waals surface area (Å²) in [6.45, 7) is 9.92. The number of aliphatic hydroxyl groups is 5. The summed E-state index contributed by atoms with van der Waals surface area (Å²) in [5.74, 6) is -7.61. The Balaban J connectivity index is 1.87. The highest BCUT2D eigenvalue weighted by Gasteiger charge is 2.59. The molecule has 4 heterocycles. The molecule has 4 aliphatic rings. The van der Waals surface area contributed by atoms with Crippen molar-refractivity contribution in [2.24, 2.45) is 10.8 Å². The summed E-state index contributed by atoms with van der Waals surface area (Å²) < 4.78 is 40.7. The monoisotopic (exact) mass is 862 g/mol. The highest BCUT2D eigenvalue weighted by Crippen LogP contribution is 2.49. The molecule has 6 bridgehead atoms. The van der Waals surface area contributed by atoms with Gasteiger partial charge in [0.15, 0.2) is 11.9 Å². The van der Waals surface area contributed by atoms with Gasteiger partial charge in [0.1, 0.15) is 6.10 Å². The number of hydrogen-bond acceptors (Lipinski definition) is 16. The normalized spacial score (nSPS) is 36.6. The Labute approximate surface area is 358 Å². The van der Waals surface area contributed by atoms with Crippen LogP contribution in [0, 0.1) is 10.8 Å². The Bertz CT molecular complexity index is 1710. The third kappa shape index (κ3) is 12.7. The van der Waals surface area contributed by atoms with Gasteiger partial charge in [0.2, 0.25) is 5.79 Å². The average molecular weight is 863 g/mol. The van der Waals surface area contributed by atoms with Gasteiger partial charge in [-0.2, -0.15) is 0 Å². The van der Waals surface area contributed by atoms with Crippen molar-refractivity contribution in [1.29, 1.82) is 0 Å². The van der Waals surface area contributed by atoms with Crippen LogP contribution in [0.1, 0.15) is 106 Å². The van der Waals surface area contributed by atoms with Crippen LogP contribution in [0.2, 0.25) is 0 Å². The Morgan fingerprint density at radius 3 is 2.23 bits per heavy atom. The van der Waals surface area contributed by atoms with Crippen molar-refractivity contribution in [2.45, 2.75) is 172 Å². The Morgan fingerprint density at radius 2 is 1.57 bits per heavy atom. The topological polar surface area (TPSA) is 234 Å². The van der Waals surface area contributed by atoms with Gasteiger partial charge in [-0.3, -0.25) is 4.79 Å². The molecule has 16 nitrogen and oxygen atoms in total. The van der Waals surface area contributed by atoms with Crippen LogP contribution < -0.4 is 0 Å². The first-order chi connectivity index (χ1) is 28.6. The van der Waals surface area contributed by atoms with Gasteiger partial charge in [-0.15, -0.1) is 0 Å². The van der Waals surface area contributed by atoms with Gasteiger partial charge >= 0.3 is 23.9 Å². The first kappa shape index (κ1) is 49.9. The second-order valence-electron chi connectivity index (χ2n) is 17.7.